The zero-order valence-corrected chi connectivity index (χ0v) is 12.7. The molecule has 0 aliphatic heterocycles. The highest BCUT2D eigenvalue weighted by molar-refractivity contribution is 5.78. The summed E-state index contributed by atoms with van der Waals surface area (Å²) in [6.45, 7) is 0.511. The second-order valence-corrected chi connectivity index (χ2v) is 5.35. The minimum Gasteiger partial charge on any atom is -0.469 e. The molecule has 0 aromatic carbocycles. The van der Waals surface area contributed by atoms with Crippen LogP contribution in [0.5, 0.6) is 0 Å². The second kappa shape index (κ2) is 9.75. The number of methoxy groups -OCH3 is 2. The van der Waals surface area contributed by atoms with Gasteiger partial charge in [0.25, 0.3) is 0 Å². The van der Waals surface area contributed by atoms with Crippen LogP contribution in [0.2, 0.25) is 0 Å². The predicted octanol–water partition coefficient (Wildman–Crippen LogP) is 2.14. The molecule has 0 spiro atoms. The van der Waals surface area contributed by atoms with Crippen LogP contribution in [0.1, 0.15) is 51.4 Å². The Labute approximate surface area is 121 Å². The summed E-state index contributed by atoms with van der Waals surface area (Å²) in [5, 5.41) is 0. The third-order valence-corrected chi connectivity index (χ3v) is 3.89. The van der Waals surface area contributed by atoms with Crippen LogP contribution in [0, 0.1) is 0 Å². The first-order valence-electron chi connectivity index (χ1n) is 7.54. The maximum atomic E-state index is 12.2. The molecule has 0 aromatic heterocycles. The van der Waals surface area contributed by atoms with Crippen LogP contribution in [-0.2, 0) is 19.1 Å². The van der Waals surface area contributed by atoms with Crippen LogP contribution >= 0.6 is 0 Å². The SMILES string of the molecule is COCC(=O)N(CCC(=O)OC)C1CCCCCCC1. The maximum absolute atomic E-state index is 12.2. The lowest BCUT2D eigenvalue weighted by Gasteiger charge is -2.33. The van der Waals surface area contributed by atoms with Gasteiger partial charge in [0.2, 0.25) is 5.91 Å². The van der Waals surface area contributed by atoms with Gasteiger partial charge in [0, 0.05) is 19.7 Å². The molecule has 1 rings (SSSR count). The van der Waals surface area contributed by atoms with Gasteiger partial charge in [-0.1, -0.05) is 32.1 Å². The van der Waals surface area contributed by atoms with Gasteiger partial charge in [0.1, 0.15) is 6.61 Å². The van der Waals surface area contributed by atoms with Crippen LogP contribution < -0.4 is 0 Å². The van der Waals surface area contributed by atoms with Gasteiger partial charge in [-0.3, -0.25) is 9.59 Å². The van der Waals surface area contributed by atoms with E-state index in [1.54, 1.807) is 0 Å². The van der Waals surface area contributed by atoms with Crippen LogP contribution in [0.15, 0.2) is 0 Å². The van der Waals surface area contributed by atoms with Gasteiger partial charge >= 0.3 is 5.97 Å². The number of carbonyl (C=O) groups is 2. The molecule has 0 heterocycles. The first-order chi connectivity index (χ1) is 9.69. The Morgan fingerprint density at radius 3 is 2.20 bits per heavy atom. The summed E-state index contributed by atoms with van der Waals surface area (Å²) in [5.41, 5.74) is 0. The van der Waals surface area contributed by atoms with Crippen molar-refractivity contribution in [3.8, 4) is 0 Å². The molecule has 5 heteroatoms. The van der Waals surface area contributed by atoms with E-state index in [-0.39, 0.29) is 30.9 Å². The molecule has 0 saturated heterocycles. The minimum absolute atomic E-state index is 0.0259. The quantitative estimate of drug-likeness (QED) is 0.702. The summed E-state index contributed by atoms with van der Waals surface area (Å²) >= 11 is 0. The first kappa shape index (κ1) is 17.0. The van der Waals surface area contributed by atoms with Gasteiger partial charge in [-0.05, 0) is 12.8 Å². The monoisotopic (exact) mass is 285 g/mol. The number of nitrogens with zero attached hydrogens (tertiary/aromatic N) is 1. The van der Waals surface area contributed by atoms with Crippen LogP contribution in [0.4, 0.5) is 0 Å². The van der Waals surface area contributed by atoms with Gasteiger partial charge in [0.15, 0.2) is 0 Å². The number of amides is 1. The third-order valence-electron chi connectivity index (χ3n) is 3.89. The lowest BCUT2D eigenvalue weighted by molar-refractivity contribution is -0.143. The van der Waals surface area contributed by atoms with Crippen molar-refractivity contribution >= 4 is 11.9 Å². The average molecular weight is 285 g/mol. The molecule has 1 aliphatic carbocycles. The molecule has 116 valence electrons. The fourth-order valence-electron chi connectivity index (χ4n) is 2.78. The molecule has 1 amide bonds. The Bertz CT molecular complexity index is 298. The number of hydrogen-bond acceptors (Lipinski definition) is 4. The van der Waals surface area contributed by atoms with Crippen molar-refractivity contribution in [2.75, 3.05) is 27.4 Å². The second-order valence-electron chi connectivity index (χ2n) is 5.35. The van der Waals surface area contributed by atoms with Gasteiger partial charge in [-0.2, -0.15) is 0 Å². The number of rotatable bonds is 6. The van der Waals surface area contributed by atoms with E-state index in [1.807, 2.05) is 4.90 Å². The largest absolute Gasteiger partial charge is 0.469 e. The number of hydrogen-bond donors (Lipinski definition) is 0. The highest BCUT2D eigenvalue weighted by Gasteiger charge is 2.24. The third kappa shape index (κ3) is 5.90. The standard InChI is InChI=1S/C15H27NO4/c1-19-12-14(17)16(11-10-15(18)20-2)13-8-6-4-3-5-7-9-13/h13H,3-12H2,1-2H3. The topological polar surface area (TPSA) is 55.8 Å². The van der Waals surface area contributed by atoms with Crippen LogP contribution in [-0.4, -0.2) is 50.2 Å². The predicted molar refractivity (Wildman–Crippen MR) is 76.3 cm³/mol. The summed E-state index contributed by atoms with van der Waals surface area (Å²) in [6, 6.07) is 0.239. The molecule has 0 radical (unpaired) electrons. The molecule has 1 aliphatic rings. The highest BCUT2D eigenvalue weighted by atomic mass is 16.5. The Morgan fingerprint density at radius 2 is 1.65 bits per heavy atom. The van der Waals surface area contributed by atoms with E-state index < -0.39 is 0 Å². The van der Waals surface area contributed by atoms with E-state index in [2.05, 4.69) is 4.74 Å². The lowest BCUT2D eigenvalue weighted by atomic mass is 9.95. The Morgan fingerprint density at radius 1 is 1.05 bits per heavy atom. The van der Waals surface area contributed by atoms with E-state index in [1.165, 1.54) is 33.5 Å². The van der Waals surface area contributed by atoms with Gasteiger partial charge in [-0.25, -0.2) is 0 Å². The fraction of sp³-hybridized carbons (Fsp3) is 0.867. The van der Waals surface area contributed by atoms with Crippen molar-refractivity contribution in [2.24, 2.45) is 0 Å². The molecule has 0 N–H and O–H groups in total. The van der Waals surface area contributed by atoms with Crippen molar-refractivity contribution < 1.29 is 19.1 Å². The smallest absolute Gasteiger partial charge is 0.307 e. The molecule has 1 fully saturated rings. The summed E-state index contributed by atoms with van der Waals surface area (Å²) in [6.07, 6.45) is 8.37. The summed E-state index contributed by atoms with van der Waals surface area (Å²) in [7, 11) is 2.90. The van der Waals surface area contributed by atoms with Crippen molar-refractivity contribution in [1.29, 1.82) is 0 Å². The van der Waals surface area contributed by atoms with Gasteiger partial charge < -0.3 is 14.4 Å². The van der Waals surface area contributed by atoms with Crippen molar-refractivity contribution in [3.05, 3.63) is 0 Å². The average Bonchev–Trinajstić information content (AvgIpc) is 2.40. The number of ether oxygens (including phenoxy) is 2. The minimum atomic E-state index is -0.272. The molecule has 0 atom stereocenters. The fourth-order valence-corrected chi connectivity index (χ4v) is 2.78. The van der Waals surface area contributed by atoms with E-state index >= 15 is 0 Å². The summed E-state index contributed by atoms with van der Waals surface area (Å²) in [4.78, 5) is 25.3. The molecule has 0 aromatic rings. The van der Waals surface area contributed by atoms with Gasteiger partial charge in [-0.15, -0.1) is 0 Å². The molecule has 0 unspecified atom stereocenters. The number of carbonyl (C=O) groups excluding carboxylic acids is 2. The molecular formula is C15H27NO4. The summed E-state index contributed by atoms with van der Waals surface area (Å²) < 4.78 is 9.62. The maximum Gasteiger partial charge on any atom is 0.307 e. The normalized spacial score (nSPS) is 17.1. The highest BCUT2D eigenvalue weighted by Crippen LogP contribution is 2.22. The van der Waals surface area contributed by atoms with Crippen molar-refractivity contribution in [2.45, 2.75) is 57.4 Å². The Balaban J connectivity index is 2.62. The molecule has 1 saturated carbocycles. The molecule has 0 bridgehead atoms. The van der Waals surface area contributed by atoms with Crippen LogP contribution in [0.25, 0.3) is 0 Å². The first-order valence-corrected chi connectivity index (χ1v) is 7.54. The number of esters is 1. The molecule has 5 nitrogen and oxygen atoms in total. The van der Waals surface area contributed by atoms with Crippen molar-refractivity contribution in [3.63, 3.8) is 0 Å². The van der Waals surface area contributed by atoms with E-state index in [0.29, 0.717) is 6.54 Å². The Hall–Kier alpha value is -1.10. The Kier molecular flexibility index (Phi) is 8.26. The zero-order chi connectivity index (χ0) is 14.8. The van der Waals surface area contributed by atoms with E-state index in [9.17, 15) is 9.59 Å². The summed E-state index contributed by atoms with van der Waals surface area (Å²) in [5.74, 6) is -0.298. The molecule has 20 heavy (non-hydrogen) atoms. The molecular weight excluding hydrogens is 258 g/mol. The zero-order valence-electron chi connectivity index (χ0n) is 12.7. The van der Waals surface area contributed by atoms with Gasteiger partial charge in [0.05, 0.1) is 13.5 Å². The van der Waals surface area contributed by atoms with E-state index in [4.69, 9.17) is 4.74 Å². The van der Waals surface area contributed by atoms with Crippen LogP contribution in [0.3, 0.4) is 0 Å². The van der Waals surface area contributed by atoms with E-state index in [0.717, 1.165) is 25.7 Å². The lowest BCUT2D eigenvalue weighted by Crippen LogP contribution is -2.43. The van der Waals surface area contributed by atoms with Crippen molar-refractivity contribution in [1.82, 2.24) is 4.90 Å².